The number of piperazine rings is 1. The lowest BCUT2D eigenvalue weighted by atomic mass is 10.1. The van der Waals surface area contributed by atoms with Gasteiger partial charge in [-0.25, -0.2) is 19.5 Å². The van der Waals surface area contributed by atoms with Crippen LogP contribution in [0.4, 0.5) is 17.3 Å². The van der Waals surface area contributed by atoms with Crippen LogP contribution in [-0.2, 0) is 0 Å². The van der Waals surface area contributed by atoms with Crippen LogP contribution in [0.2, 0.25) is 0 Å². The fourth-order valence-corrected chi connectivity index (χ4v) is 6.05. The zero-order valence-electron chi connectivity index (χ0n) is 24.4. The second kappa shape index (κ2) is 12.1. The van der Waals surface area contributed by atoms with Gasteiger partial charge in [-0.3, -0.25) is 4.79 Å². The Balaban J connectivity index is 0.962. The Labute approximate surface area is 259 Å². The molecule has 13 nitrogen and oxygen atoms in total. The predicted octanol–water partition coefficient (Wildman–Crippen LogP) is 2.68. The zero-order valence-corrected chi connectivity index (χ0v) is 24.4. The summed E-state index contributed by atoms with van der Waals surface area (Å²) >= 11 is 0. The van der Waals surface area contributed by atoms with Gasteiger partial charge < -0.3 is 26.0 Å². The van der Waals surface area contributed by atoms with Crippen molar-refractivity contribution in [3.63, 3.8) is 0 Å². The predicted molar refractivity (Wildman–Crippen MR) is 169 cm³/mol. The van der Waals surface area contributed by atoms with Gasteiger partial charge in [0.2, 0.25) is 5.82 Å². The van der Waals surface area contributed by atoms with E-state index in [2.05, 4.69) is 52.2 Å². The molecule has 4 N–H and O–H groups in total. The number of carbonyl (C=O) groups excluding carboxylic acids is 1. The molecule has 0 saturated carbocycles. The first-order valence-corrected chi connectivity index (χ1v) is 14.9. The van der Waals surface area contributed by atoms with Gasteiger partial charge >= 0.3 is 0 Å². The molecule has 4 aromatic heterocycles. The summed E-state index contributed by atoms with van der Waals surface area (Å²) < 4.78 is 1.57. The first-order valence-electron chi connectivity index (χ1n) is 14.9. The SMILES string of the molecule is Nc1nnc(-c2ccccc2O)cc1N1C[C@H]2CC[C@@H](C1)N2c1ccnc(C#CCCCNC(=O)c2cc3ncccn3n2)n1. The maximum atomic E-state index is 12.4. The van der Waals surface area contributed by atoms with Crippen LogP contribution < -0.4 is 20.9 Å². The Morgan fingerprint density at radius 1 is 1.04 bits per heavy atom. The van der Waals surface area contributed by atoms with Gasteiger partial charge in [-0.1, -0.05) is 18.1 Å². The Kier molecular flexibility index (Phi) is 7.52. The van der Waals surface area contributed by atoms with E-state index < -0.39 is 0 Å². The van der Waals surface area contributed by atoms with E-state index in [1.54, 1.807) is 47.4 Å². The number of unbranched alkanes of at least 4 members (excludes halogenated alkanes) is 1. The van der Waals surface area contributed by atoms with Crippen LogP contribution in [0.25, 0.3) is 16.9 Å². The fraction of sp³-hybridized carbons (Fsp3) is 0.281. The summed E-state index contributed by atoms with van der Waals surface area (Å²) in [6.45, 7) is 2.00. The van der Waals surface area contributed by atoms with Gasteiger partial charge in [-0.2, -0.15) is 5.10 Å². The number of hydrogen-bond acceptors (Lipinski definition) is 11. The van der Waals surface area contributed by atoms with E-state index in [1.807, 2.05) is 24.3 Å². The number of para-hydroxylation sites is 1. The van der Waals surface area contributed by atoms with Crippen molar-refractivity contribution in [3.05, 3.63) is 78.6 Å². The normalized spacial score (nSPS) is 17.2. The molecule has 226 valence electrons. The van der Waals surface area contributed by atoms with Crippen molar-refractivity contribution in [2.45, 2.75) is 37.8 Å². The largest absolute Gasteiger partial charge is 0.507 e. The maximum absolute atomic E-state index is 12.4. The van der Waals surface area contributed by atoms with Gasteiger partial charge in [-0.15, -0.1) is 10.2 Å². The van der Waals surface area contributed by atoms with Gasteiger partial charge in [0.1, 0.15) is 11.6 Å². The molecule has 2 bridgehead atoms. The van der Waals surface area contributed by atoms with Crippen molar-refractivity contribution in [1.82, 2.24) is 40.1 Å². The van der Waals surface area contributed by atoms with Gasteiger partial charge in [-0.05, 0) is 55.5 Å². The highest BCUT2D eigenvalue weighted by atomic mass is 16.3. The molecule has 2 aliphatic rings. The summed E-state index contributed by atoms with van der Waals surface area (Å²) in [6.07, 6.45) is 8.52. The molecule has 2 fully saturated rings. The van der Waals surface area contributed by atoms with Crippen molar-refractivity contribution in [2.75, 3.05) is 35.2 Å². The Bertz CT molecular complexity index is 1880. The van der Waals surface area contributed by atoms with Crippen molar-refractivity contribution in [1.29, 1.82) is 0 Å². The van der Waals surface area contributed by atoms with Crippen LogP contribution in [0.15, 0.2) is 67.1 Å². The number of rotatable bonds is 7. The van der Waals surface area contributed by atoms with E-state index in [0.717, 1.165) is 37.4 Å². The average Bonchev–Trinajstić information content (AvgIpc) is 3.61. The first kappa shape index (κ1) is 28.0. The first-order chi connectivity index (χ1) is 22.0. The number of benzene rings is 1. The number of nitrogens with one attached hydrogen (secondary N) is 1. The lowest BCUT2D eigenvalue weighted by Crippen LogP contribution is -2.54. The molecule has 5 aromatic rings. The quantitative estimate of drug-likeness (QED) is 0.186. The van der Waals surface area contributed by atoms with Crippen LogP contribution in [0.3, 0.4) is 0 Å². The van der Waals surface area contributed by atoms with E-state index in [9.17, 15) is 9.90 Å². The molecule has 1 amide bonds. The number of anilines is 3. The highest BCUT2D eigenvalue weighted by Crippen LogP contribution is 2.38. The molecule has 0 spiro atoms. The van der Waals surface area contributed by atoms with Crippen molar-refractivity contribution >= 4 is 28.9 Å². The molecule has 2 aliphatic heterocycles. The van der Waals surface area contributed by atoms with Crippen molar-refractivity contribution < 1.29 is 9.90 Å². The number of amides is 1. The van der Waals surface area contributed by atoms with E-state index in [-0.39, 0.29) is 23.7 Å². The third-order valence-corrected chi connectivity index (χ3v) is 8.14. The van der Waals surface area contributed by atoms with Crippen molar-refractivity contribution in [3.8, 4) is 28.8 Å². The molecule has 1 aromatic carbocycles. The Morgan fingerprint density at radius 3 is 2.71 bits per heavy atom. The topological polar surface area (TPSA) is 164 Å². The molecule has 0 aliphatic carbocycles. The average molecular weight is 602 g/mol. The van der Waals surface area contributed by atoms with Crippen LogP contribution in [0, 0.1) is 11.8 Å². The standard InChI is InChI=1S/C32H31N11O2/c33-31-26(17-24(38-39-31)23-7-3-4-8-27(23)44)41-19-21-10-11-22(20-41)43(21)29-12-15-34-28(37-29)9-2-1-5-13-36-32(45)25-18-30-35-14-6-16-42(30)40-25/h3-4,6-8,12,14-18,21-22,44H,1,5,10-11,13,19-20H2,(H2,33,39)(H,36,45)/t21-,22+. The fourth-order valence-electron chi connectivity index (χ4n) is 6.05. The van der Waals surface area contributed by atoms with Gasteiger partial charge in [0, 0.05) is 68.4 Å². The molecule has 6 heterocycles. The minimum Gasteiger partial charge on any atom is -0.507 e. The van der Waals surface area contributed by atoms with E-state index >= 15 is 0 Å². The molecule has 13 heteroatoms. The molecule has 0 radical (unpaired) electrons. The van der Waals surface area contributed by atoms with E-state index in [0.29, 0.717) is 53.6 Å². The molecular formula is C32H31N11O2. The number of phenolic OH excluding ortho intramolecular Hbond substituents is 1. The highest BCUT2D eigenvalue weighted by Gasteiger charge is 2.41. The van der Waals surface area contributed by atoms with Gasteiger partial charge in [0.05, 0.1) is 11.4 Å². The summed E-state index contributed by atoms with van der Waals surface area (Å²) in [5, 5.41) is 25.9. The minimum absolute atomic E-state index is 0.152. The summed E-state index contributed by atoms with van der Waals surface area (Å²) in [4.78, 5) is 30.4. The van der Waals surface area contributed by atoms with Gasteiger partial charge in [0.25, 0.3) is 5.91 Å². The monoisotopic (exact) mass is 601 g/mol. The third kappa shape index (κ3) is 5.77. The van der Waals surface area contributed by atoms with Crippen LogP contribution in [-0.4, -0.2) is 77.5 Å². The maximum Gasteiger partial charge on any atom is 0.271 e. The molecule has 2 atom stereocenters. The number of nitrogens with zero attached hydrogens (tertiary/aromatic N) is 9. The molecule has 7 rings (SSSR count). The van der Waals surface area contributed by atoms with Gasteiger partial charge in [0.15, 0.2) is 17.2 Å². The third-order valence-electron chi connectivity index (χ3n) is 8.14. The number of phenols is 1. The molecule has 0 unspecified atom stereocenters. The number of hydrogen-bond donors (Lipinski definition) is 3. The highest BCUT2D eigenvalue weighted by molar-refractivity contribution is 5.93. The molecule has 45 heavy (non-hydrogen) atoms. The number of aromatic hydroxyl groups is 1. The summed E-state index contributed by atoms with van der Waals surface area (Å²) in [6, 6.07) is 14.8. The minimum atomic E-state index is -0.238. The summed E-state index contributed by atoms with van der Waals surface area (Å²) in [7, 11) is 0. The van der Waals surface area contributed by atoms with Crippen LogP contribution >= 0.6 is 0 Å². The number of nitrogen functional groups attached to an aromatic ring is 1. The molecule has 2 saturated heterocycles. The second-order valence-corrected chi connectivity index (χ2v) is 11.1. The second-order valence-electron chi connectivity index (χ2n) is 11.1. The Morgan fingerprint density at radius 2 is 1.89 bits per heavy atom. The number of nitrogens with two attached hydrogens (primary N) is 1. The molecular weight excluding hydrogens is 570 g/mol. The summed E-state index contributed by atoms with van der Waals surface area (Å²) in [5.41, 5.74) is 9.27. The van der Waals surface area contributed by atoms with Crippen LogP contribution in [0.1, 0.15) is 42.0 Å². The zero-order chi connectivity index (χ0) is 30.8. The number of carbonyl (C=O) groups is 1. The lowest BCUT2D eigenvalue weighted by Gasteiger charge is -2.42. The smallest absolute Gasteiger partial charge is 0.271 e. The number of aromatic nitrogens is 7. The van der Waals surface area contributed by atoms with E-state index in [4.69, 9.17) is 10.7 Å². The number of fused-ring (bicyclic) bond motifs is 3. The van der Waals surface area contributed by atoms with Crippen LogP contribution in [0.5, 0.6) is 5.75 Å². The van der Waals surface area contributed by atoms with E-state index in [1.165, 1.54) is 0 Å². The Hall–Kier alpha value is -5.77. The lowest BCUT2D eigenvalue weighted by molar-refractivity contribution is 0.0948. The summed E-state index contributed by atoms with van der Waals surface area (Å²) in [5.74, 6) is 7.84. The van der Waals surface area contributed by atoms with Crippen molar-refractivity contribution in [2.24, 2.45) is 0 Å².